The number of hydrogen-bond donors (Lipinski definition) is 1. The second kappa shape index (κ2) is 9.17. The number of pyridine rings is 1. The fraction of sp³-hybridized carbons (Fsp3) is 0.333. The maximum Gasteiger partial charge on any atom is 0.573 e. The number of fused-ring (bicyclic) bond motifs is 3. The van der Waals surface area contributed by atoms with E-state index in [0.29, 0.717) is 42.8 Å². The zero-order chi connectivity index (χ0) is 25.4. The molecule has 9 nitrogen and oxygen atoms in total. The molecule has 36 heavy (non-hydrogen) atoms. The number of anilines is 1. The minimum Gasteiger partial charge on any atom is -0.442 e. The second-order valence-electron chi connectivity index (χ2n) is 8.51. The molecule has 12 heteroatoms. The Labute approximate surface area is 203 Å². The molecule has 2 aromatic heterocycles. The average molecular weight is 502 g/mol. The van der Waals surface area contributed by atoms with Gasteiger partial charge in [-0.25, -0.2) is 4.79 Å². The van der Waals surface area contributed by atoms with Gasteiger partial charge >= 0.3 is 12.5 Å². The third-order valence-corrected chi connectivity index (χ3v) is 6.02. The zero-order valence-electron chi connectivity index (χ0n) is 19.1. The van der Waals surface area contributed by atoms with E-state index < -0.39 is 24.3 Å². The van der Waals surface area contributed by atoms with Crippen molar-refractivity contribution in [3.8, 4) is 28.3 Å². The number of ether oxygens (including phenoxy) is 2. The zero-order valence-corrected chi connectivity index (χ0v) is 19.1. The molecule has 2 amide bonds. The predicted octanol–water partition coefficient (Wildman–Crippen LogP) is 4.25. The third-order valence-electron chi connectivity index (χ3n) is 6.02. The second-order valence-corrected chi connectivity index (χ2v) is 8.51. The van der Waals surface area contributed by atoms with Crippen molar-refractivity contribution in [1.82, 2.24) is 15.5 Å². The number of nitrogens with one attached hydrogen (secondary N) is 1. The monoisotopic (exact) mass is 502 g/mol. The van der Waals surface area contributed by atoms with Crippen LogP contribution < -0.4 is 15.0 Å². The molecule has 1 aliphatic heterocycles. The van der Waals surface area contributed by atoms with E-state index in [9.17, 15) is 22.8 Å². The lowest BCUT2D eigenvalue weighted by Crippen LogP contribution is -2.33. The SMILES string of the molecule is CC(=O)NC[C@H]1CN(c2ccc3c(c2)CCCc2c(-c4ccncc4OC(F)(F)F)noc2-3)C(=O)O1. The number of aryl methyl sites for hydroxylation is 1. The van der Waals surface area contributed by atoms with Gasteiger partial charge in [0.05, 0.1) is 19.3 Å². The van der Waals surface area contributed by atoms with Crippen molar-refractivity contribution in [3.05, 3.63) is 47.8 Å². The Morgan fingerprint density at radius 3 is 2.86 bits per heavy atom. The molecule has 0 spiro atoms. The summed E-state index contributed by atoms with van der Waals surface area (Å²) in [6.45, 7) is 1.91. The molecular formula is C24H21F3N4O5. The molecule has 2 aliphatic rings. The van der Waals surface area contributed by atoms with Crippen LogP contribution in [0.1, 0.15) is 24.5 Å². The summed E-state index contributed by atoms with van der Waals surface area (Å²) in [7, 11) is 0. The average Bonchev–Trinajstić information content (AvgIpc) is 3.35. The highest BCUT2D eigenvalue weighted by Gasteiger charge is 2.35. The Bertz CT molecular complexity index is 1320. The van der Waals surface area contributed by atoms with Gasteiger partial charge in [-0.15, -0.1) is 13.2 Å². The summed E-state index contributed by atoms with van der Waals surface area (Å²) in [6.07, 6.45) is -1.61. The Morgan fingerprint density at radius 2 is 2.08 bits per heavy atom. The number of carbonyl (C=O) groups is 2. The van der Waals surface area contributed by atoms with Crippen molar-refractivity contribution in [1.29, 1.82) is 0 Å². The van der Waals surface area contributed by atoms with E-state index in [1.807, 2.05) is 6.07 Å². The van der Waals surface area contributed by atoms with E-state index in [0.717, 1.165) is 17.3 Å². The highest BCUT2D eigenvalue weighted by atomic mass is 19.4. The van der Waals surface area contributed by atoms with Crippen LogP contribution >= 0.6 is 0 Å². The first-order chi connectivity index (χ1) is 17.2. The summed E-state index contributed by atoms with van der Waals surface area (Å²) in [5, 5.41) is 6.73. The number of nitrogens with zero attached hydrogens (tertiary/aromatic N) is 3. The van der Waals surface area contributed by atoms with Gasteiger partial charge < -0.3 is 19.3 Å². The van der Waals surface area contributed by atoms with Crippen molar-refractivity contribution >= 4 is 17.7 Å². The molecule has 1 fully saturated rings. The first-order valence-electron chi connectivity index (χ1n) is 11.2. The Balaban J connectivity index is 1.45. The van der Waals surface area contributed by atoms with Crippen LogP contribution in [-0.4, -0.2) is 47.7 Å². The Hall–Kier alpha value is -4.09. The van der Waals surface area contributed by atoms with Gasteiger partial charge in [0.25, 0.3) is 0 Å². The first-order valence-corrected chi connectivity index (χ1v) is 11.2. The molecule has 3 heterocycles. The predicted molar refractivity (Wildman–Crippen MR) is 120 cm³/mol. The summed E-state index contributed by atoms with van der Waals surface area (Å²) in [4.78, 5) is 28.8. The highest BCUT2D eigenvalue weighted by molar-refractivity contribution is 5.91. The molecule has 1 aliphatic carbocycles. The summed E-state index contributed by atoms with van der Waals surface area (Å²) in [5.74, 6) is -0.200. The van der Waals surface area contributed by atoms with E-state index >= 15 is 0 Å². The standard InChI is InChI=1S/C24H21F3N4O5/c1-13(32)29-10-16-12-31(23(33)34-16)15-5-6-17-14(9-15)3-2-4-19-21(30-36-22(17)19)18-7-8-28-11-20(18)35-24(25,26)27/h5-9,11,16H,2-4,10,12H2,1H3,(H,29,32)/t16-/m0/s1. The smallest absolute Gasteiger partial charge is 0.442 e. The van der Waals surface area contributed by atoms with Crippen molar-refractivity contribution in [2.24, 2.45) is 0 Å². The number of cyclic esters (lactones) is 1. The first kappa shape index (κ1) is 23.6. The number of carbonyl (C=O) groups excluding carboxylic acids is 2. The van der Waals surface area contributed by atoms with Gasteiger partial charge in [-0.2, -0.15) is 0 Å². The quantitative estimate of drug-likeness (QED) is 0.556. The lowest BCUT2D eigenvalue weighted by atomic mass is 10.00. The van der Waals surface area contributed by atoms with Crippen molar-refractivity contribution < 1.29 is 36.8 Å². The van der Waals surface area contributed by atoms with Gasteiger partial charge in [-0.05, 0) is 49.1 Å². The Morgan fingerprint density at radius 1 is 1.25 bits per heavy atom. The molecule has 188 valence electrons. The van der Waals surface area contributed by atoms with E-state index in [2.05, 4.69) is 20.2 Å². The molecule has 1 aromatic carbocycles. The van der Waals surface area contributed by atoms with Crippen LogP contribution in [0.15, 0.2) is 41.2 Å². The third kappa shape index (κ3) is 4.70. The van der Waals surface area contributed by atoms with Crippen molar-refractivity contribution in [3.63, 3.8) is 0 Å². The topological polar surface area (TPSA) is 107 Å². The molecule has 5 rings (SSSR count). The number of halogens is 3. The van der Waals surface area contributed by atoms with Gasteiger partial charge in [-0.3, -0.25) is 14.7 Å². The van der Waals surface area contributed by atoms with Gasteiger partial charge in [0.15, 0.2) is 11.5 Å². The lowest BCUT2D eigenvalue weighted by molar-refractivity contribution is -0.274. The number of amides is 2. The minimum atomic E-state index is -4.88. The van der Waals surface area contributed by atoms with Gasteiger partial charge in [0.2, 0.25) is 5.91 Å². The van der Waals surface area contributed by atoms with Gasteiger partial charge in [0, 0.05) is 35.5 Å². The van der Waals surface area contributed by atoms with E-state index in [1.54, 1.807) is 12.1 Å². The molecule has 0 saturated carbocycles. The molecule has 0 unspecified atom stereocenters. The Kier molecular flexibility index (Phi) is 6.02. The number of alkyl halides is 3. The maximum absolute atomic E-state index is 12.9. The van der Waals surface area contributed by atoms with Gasteiger partial charge in [-0.1, -0.05) is 5.16 Å². The van der Waals surface area contributed by atoms with Crippen LogP contribution in [0, 0.1) is 0 Å². The number of rotatable bonds is 5. The molecule has 0 radical (unpaired) electrons. The number of benzene rings is 1. The van der Waals surface area contributed by atoms with E-state index in [1.165, 1.54) is 24.1 Å². The van der Waals surface area contributed by atoms with Crippen molar-refractivity contribution in [2.45, 2.75) is 38.7 Å². The fourth-order valence-electron chi connectivity index (χ4n) is 4.47. The number of hydrogen-bond acceptors (Lipinski definition) is 7. The summed E-state index contributed by atoms with van der Waals surface area (Å²) < 4.78 is 53.9. The van der Waals surface area contributed by atoms with Crippen LogP contribution in [0.2, 0.25) is 0 Å². The van der Waals surface area contributed by atoms with Gasteiger partial charge in [0.1, 0.15) is 11.8 Å². The summed E-state index contributed by atoms with van der Waals surface area (Å²) >= 11 is 0. The van der Waals surface area contributed by atoms with Crippen LogP contribution in [0.3, 0.4) is 0 Å². The van der Waals surface area contributed by atoms with Crippen LogP contribution in [0.5, 0.6) is 5.75 Å². The molecule has 1 saturated heterocycles. The van der Waals surface area contributed by atoms with Crippen LogP contribution in [-0.2, 0) is 22.4 Å². The molecule has 3 aromatic rings. The molecule has 1 N–H and O–H groups in total. The van der Waals surface area contributed by atoms with Crippen LogP contribution in [0.25, 0.3) is 22.6 Å². The molecular weight excluding hydrogens is 481 g/mol. The van der Waals surface area contributed by atoms with E-state index in [4.69, 9.17) is 9.26 Å². The van der Waals surface area contributed by atoms with Crippen LogP contribution in [0.4, 0.5) is 23.7 Å². The normalized spacial score (nSPS) is 17.2. The minimum absolute atomic E-state index is 0.136. The fourth-order valence-corrected chi connectivity index (χ4v) is 4.47. The largest absolute Gasteiger partial charge is 0.573 e. The van der Waals surface area contributed by atoms with Crippen molar-refractivity contribution in [2.75, 3.05) is 18.0 Å². The highest BCUT2D eigenvalue weighted by Crippen LogP contribution is 2.42. The van der Waals surface area contributed by atoms with E-state index in [-0.39, 0.29) is 23.7 Å². The number of aromatic nitrogens is 2. The molecule has 1 atom stereocenters. The summed E-state index contributed by atoms with van der Waals surface area (Å²) in [5.41, 5.74) is 3.39. The maximum atomic E-state index is 12.9. The lowest BCUT2D eigenvalue weighted by Gasteiger charge is -2.15. The summed E-state index contributed by atoms with van der Waals surface area (Å²) in [6, 6.07) is 6.84. The molecule has 0 bridgehead atoms.